The fourth-order valence-electron chi connectivity index (χ4n) is 2.86. The van der Waals surface area contributed by atoms with Gasteiger partial charge in [0.25, 0.3) is 5.56 Å². The van der Waals surface area contributed by atoms with Crippen molar-refractivity contribution in [1.82, 2.24) is 14.8 Å². The number of hydrogen-bond donors (Lipinski definition) is 1. The Bertz CT molecular complexity index is 1170. The minimum absolute atomic E-state index is 0.150. The molecule has 10 heteroatoms. The average molecular weight is 518 g/mol. The van der Waals surface area contributed by atoms with Crippen molar-refractivity contribution in [3.8, 4) is 5.69 Å². The van der Waals surface area contributed by atoms with E-state index in [0.29, 0.717) is 16.1 Å². The Hall–Kier alpha value is -1.93. The molecule has 0 amide bonds. The Morgan fingerprint density at radius 2 is 1.69 bits per heavy atom. The SMILES string of the molecule is CC(Br)C(=O)C(c1ccc(Cl)cc1)c1c(Cl)cc(-n2ncc(=O)[nH]c2=O)cc1Cl. The van der Waals surface area contributed by atoms with E-state index in [2.05, 4.69) is 26.0 Å². The van der Waals surface area contributed by atoms with E-state index >= 15 is 0 Å². The predicted molar refractivity (Wildman–Crippen MR) is 117 cm³/mol. The first-order valence-electron chi connectivity index (χ1n) is 8.30. The summed E-state index contributed by atoms with van der Waals surface area (Å²) in [6.07, 6.45) is 0.962. The Morgan fingerprint density at radius 1 is 1.10 bits per heavy atom. The Kier molecular flexibility index (Phi) is 6.63. The molecule has 0 saturated heterocycles. The van der Waals surface area contributed by atoms with E-state index in [0.717, 1.165) is 10.9 Å². The smallest absolute Gasteiger partial charge is 0.297 e. The van der Waals surface area contributed by atoms with Gasteiger partial charge in [0.15, 0.2) is 5.78 Å². The number of hydrogen-bond acceptors (Lipinski definition) is 4. The normalized spacial score (nSPS) is 13.1. The van der Waals surface area contributed by atoms with Crippen LogP contribution in [0.4, 0.5) is 0 Å². The van der Waals surface area contributed by atoms with Gasteiger partial charge in [0, 0.05) is 20.6 Å². The van der Waals surface area contributed by atoms with Gasteiger partial charge in [0.2, 0.25) is 0 Å². The molecule has 0 radical (unpaired) electrons. The molecule has 0 bridgehead atoms. The van der Waals surface area contributed by atoms with Crippen LogP contribution in [0.15, 0.2) is 52.2 Å². The summed E-state index contributed by atoms with van der Waals surface area (Å²) in [4.78, 5) is 37.9. The molecule has 2 atom stereocenters. The third-order valence-electron chi connectivity index (χ3n) is 4.19. The standard InChI is InChI=1S/C19H13BrCl3N3O3/c1-9(20)18(28)16(10-2-4-11(21)5-3-10)17-13(22)6-12(7-14(17)23)26-19(29)25-15(27)8-24-26/h2-9,16H,1H3,(H,25,27,29). The van der Waals surface area contributed by atoms with E-state index in [1.54, 1.807) is 31.2 Å². The molecular formula is C19H13BrCl3N3O3. The fourth-order valence-corrected chi connectivity index (χ4v) is 3.95. The summed E-state index contributed by atoms with van der Waals surface area (Å²) in [6.45, 7) is 1.71. The second-order valence-electron chi connectivity index (χ2n) is 6.18. The number of H-pyrrole nitrogens is 1. The number of nitrogens with zero attached hydrogens (tertiary/aromatic N) is 2. The highest BCUT2D eigenvalue weighted by Crippen LogP contribution is 2.39. The first kappa shape index (κ1) is 21.8. The van der Waals surface area contributed by atoms with Crippen molar-refractivity contribution in [2.24, 2.45) is 0 Å². The fraction of sp³-hybridized carbons (Fsp3) is 0.158. The zero-order chi connectivity index (χ0) is 21.3. The molecule has 6 nitrogen and oxygen atoms in total. The van der Waals surface area contributed by atoms with Crippen molar-refractivity contribution in [2.45, 2.75) is 17.7 Å². The summed E-state index contributed by atoms with van der Waals surface area (Å²) in [6, 6.07) is 9.74. The molecule has 1 N–H and O–H groups in total. The number of nitrogens with one attached hydrogen (secondary N) is 1. The lowest BCUT2D eigenvalue weighted by molar-refractivity contribution is -0.118. The molecule has 2 unspecified atom stereocenters. The number of carbonyl (C=O) groups is 1. The first-order chi connectivity index (χ1) is 13.7. The maximum atomic E-state index is 13.0. The summed E-state index contributed by atoms with van der Waals surface area (Å²) < 4.78 is 0.954. The van der Waals surface area contributed by atoms with Crippen molar-refractivity contribution in [3.05, 3.63) is 89.6 Å². The number of halogens is 4. The highest BCUT2D eigenvalue weighted by Gasteiger charge is 2.30. The van der Waals surface area contributed by atoms with Crippen LogP contribution in [-0.2, 0) is 4.79 Å². The summed E-state index contributed by atoms with van der Waals surface area (Å²) in [5, 5.41) is 4.67. The molecule has 0 aliphatic rings. The predicted octanol–water partition coefficient (Wildman–Crippen LogP) is 4.37. The summed E-state index contributed by atoms with van der Waals surface area (Å²) in [5.74, 6) is -0.904. The summed E-state index contributed by atoms with van der Waals surface area (Å²) in [5.41, 5.74) is -0.0504. The molecule has 0 aliphatic heterocycles. The molecule has 0 fully saturated rings. The Morgan fingerprint density at radius 3 is 2.21 bits per heavy atom. The van der Waals surface area contributed by atoms with Gasteiger partial charge in [-0.25, -0.2) is 4.79 Å². The number of alkyl halides is 1. The minimum Gasteiger partial charge on any atom is -0.297 e. The van der Waals surface area contributed by atoms with Crippen LogP contribution in [-0.4, -0.2) is 25.4 Å². The summed E-state index contributed by atoms with van der Waals surface area (Å²) in [7, 11) is 0. The van der Waals surface area contributed by atoms with Crippen LogP contribution < -0.4 is 11.2 Å². The third-order valence-corrected chi connectivity index (χ3v) is 5.52. The molecule has 1 heterocycles. The topological polar surface area (TPSA) is 84.8 Å². The third kappa shape index (κ3) is 4.64. The number of Topliss-reactive ketones (excluding diaryl/α,β-unsaturated/α-hetero) is 1. The molecule has 1 aromatic heterocycles. The van der Waals surface area contributed by atoms with E-state index in [4.69, 9.17) is 34.8 Å². The Labute approximate surface area is 188 Å². The van der Waals surface area contributed by atoms with Gasteiger partial charge in [-0.1, -0.05) is 62.9 Å². The zero-order valence-corrected chi connectivity index (χ0v) is 18.7. The monoisotopic (exact) mass is 515 g/mol. The van der Waals surface area contributed by atoms with Gasteiger partial charge in [-0.05, 0) is 36.8 Å². The lowest BCUT2D eigenvalue weighted by atomic mass is 9.86. The number of aromatic amines is 1. The van der Waals surface area contributed by atoms with Crippen molar-refractivity contribution >= 4 is 56.5 Å². The lowest BCUT2D eigenvalue weighted by Gasteiger charge is -2.21. The van der Waals surface area contributed by atoms with Crippen LogP contribution in [0, 0.1) is 0 Å². The number of benzene rings is 2. The maximum absolute atomic E-state index is 13.0. The quantitative estimate of drug-likeness (QED) is 0.510. The van der Waals surface area contributed by atoms with Crippen molar-refractivity contribution in [1.29, 1.82) is 0 Å². The van der Waals surface area contributed by atoms with Crippen LogP contribution >= 0.6 is 50.7 Å². The highest BCUT2D eigenvalue weighted by atomic mass is 79.9. The van der Waals surface area contributed by atoms with E-state index in [9.17, 15) is 14.4 Å². The molecule has 0 saturated carbocycles. The molecule has 0 aliphatic carbocycles. The highest BCUT2D eigenvalue weighted by molar-refractivity contribution is 9.10. The van der Waals surface area contributed by atoms with Gasteiger partial charge in [0.1, 0.15) is 6.20 Å². The average Bonchev–Trinajstić information content (AvgIpc) is 2.65. The van der Waals surface area contributed by atoms with E-state index in [1.165, 1.54) is 12.1 Å². The number of ketones is 1. The second kappa shape index (κ2) is 8.83. The van der Waals surface area contributed by atoms with Crippen LogP contribution in [0.1, 0.15) is 24.0 Å². The van der Waals surface area contributed by atoms with E-state index in [1.807, 2.05) is 0 Å². The zero-order valence-electron chi connectivity index (χ0n) is 14.8. The molecule has 0 spiro atoms. The number of aromatic nitrogens is 3. The van der Waals surface area contributed by atoms with Gasteiger partial charge in [0.05, 0.1) is 16.4 Å². The van der Waals surface area contributed by atoms with Crippen LogP contribution in [0.5, 0.6) is 0 Å². The molecule has 3 rings (SSSR count). The molecule has 3 aromatic rings. The van der Waals surface area contributed by atoms with Crippen molar-refractivity contribution < 1.29 is 4.79 Å². The minimum atomic E-state index is -0.754. The van der Waals surface area contributed by atoms with Gasteiger partial charge in [-0.15, -0.1) is 0 Å². The van der Waals surface area contributed by atoms with Crippen LogP contribution in [0.3, 0.4) is 0 Å². The summed E-state index contributed by atoms with van der Waals surface area (Å²) >= 11 is 22.3. The largest absolute Gasteiger partial charge is 0.349 e. The van der Waals surface area contributed by atoms with Gasteiger partial charge < -0.3 is 0 Å². The molecular weight excluding hydrogens is 504 g/mol. The van der Waals surface area contributed by atoms with Crippen molar-refractivity contribution in [3.63, 3.8) is 0 Å². The second-order valence-corrected chi connectivity index (χ2v) is 8.80. The molecule has 29 heavy (non-hydrogen) atoms. The number of carbonyl (C=O) groups excluding carboxylic acids is 1. The van der Waals surface area contributed by atoms with Crippen molar-refractivity contribution in [2.75, 3.05) is 0 Å². The Balaban J connectivity index is 2.19. The van der Waals surface area contributed by atoms with Gasteiger partial charge >= 0.3 is 5.69 Å². The molecule has 2 aromatic carbocycles. The van der Waals surface area contributed by atoms with Gasteiger partial charge in [-0.2, -0.15) is 9.78 Å². The van der Waals surface area contributed by atoms with Crippen LogP contribution in [0.2, 0.25) is 15.1 Å². The van der Waals surface area contributed by atoms with E-state index < -0.39 is 22.0 Å². The number of rotatable bonds is 5. The van der Waals surface area contributed by atoms with E-state index in [-0.39, 0.29) is 21.5 Å². The maximum Gasteiger partial charge on any atom is 0.349 e. The first-order valence-corrected chi connectivity index (χ1v) is 10.3. The lowest BCUT2D eigenvalue weighted by Crippen LogP contribution is -2.30. The van der Waals surface area contributed by atoms with Gasteiger partial charge in [-0.3, -0.25) is 14.6 Å². The van der Waals surface area contributed by atoms with Crippen LogP contribution in [0.25, 0.3) is 5.69 Å². The molecule has 150 valence electrons.